The summed E-state index contributed by atoms with van der Waals surface area (Å²) in [6.45, 7) is 0. The lowest BCUT2D eigenvalue weighted by Gasteiger charge is -2.26. The quantitative estimate of drug-likeness (QED) is 0.504. The van der Waals surface area contributed by atoms with Gasteiger partial charge in [-0.05, 0) is 5.16 Å². The van der Waals surface area contributed by atoms with E-state index in [1.54, 1.807) is 24.3 Å². The molecule has 0 fully saturated rings. The number of esters is 1. The molecule has 1 unspecified atom stereocenters. The second-order valence-corrected chi connectivity index (χ2v) is 4.18. The molecule has 20 heavy (non-hydrogen) atoms. The maximum absolute atomic E-state index is 12.3. The van der Waals surface area contributed by atoms with Gasteiger partial charge in [-0.15, -0.1) is 0 Å². The van der Waals surface area contributed by atoms with Gasteiger partial charge in [-0.25, -0.2) is 4.99 Å². The third-order valence-electron chi connectivity index (χ3n) is 3.31. The average molecular weight is 279 g/mol. The van der Waals surface area contributed by atoms with Crippen LogP contribution in [0, 0.1) is 0 Å². The van der Waals surface area contributed by atoms with Gasteiger partial charge in [-0.3, -0.25) is 9.59 Å². The smallest absolute Gasteiger partial charge is 0.309 e. The number of carbonyl (C=O) groups is 2. The number of oxime groups is 1. The molecule has 106 valence electrons. The van der Waals surface area contributed by atoms with Crippen LogP contribution in [-0.4, -0.2) is 36.9 Å². The van der Waals surface area contributed by atoms with E-state index in [1.165, 1.54) is 14.2 Å². The zero-order valence-electron chi connectivity index (χ0n) is 11.0. The zero-order chi connectivity index (χ0) is 14.8. The first-order chi connectivity index (χ1) is 9.60. The number of nitrogens with zero attached hydrogens (tertiary/aromatic N) is 1. The lowest BCUT2D eigenvalue weighted by molar-refractivity contribution is -0.243. The van der Waals surface area contributed by atoms with Gasteiger partial charge in [0.1, 0.15) is 0 Å². The Balaban J connectivity index is 2.64. The Morgan fingerprint density at radius 1 is 1.35 bits per heavy atom. The summed E-state index contributed by atoms with van der Waals surface area (Å²) in [6, 6.07) is 6.63. The maximum Gasteiger partial charge on any atom is 0.309 e. The fourth-order valence-corrected chi connectivity index (χ4v) is 2.36. The summed E-state index contributed by atoms with van der Waals surface area (Å²) in [7, 11) is 2.57. The van der Waals surface area contributed by atoms with Gasteiger partial charge < -0.3 is 9.47 Å². The van der Waals surface area contributed by atoms with Crippen LogP contribution in [0.3, 0.4) is 0 Å². The van der Waals surface area contributed by atoms with Crippen LogP contribution < -0.4 is 0 Å². The van der Waals surface area contributed by atoms with Crippen molar-refractivity contribution in [3.05, 3.63) is 35.4 Å². The number of hydrogen-bond donors (Lipinski definition) is 1. The fourth-order valence-electron chi connectivity index (χ4n) is 2.36. The standard InChI is InChI=1S/C13H13NO6/c1-18-10(15)7-13(19-2)9-6-4-3-5-8(9)11(16)12(13)14-20-17/h3-6,17H,7H2,1-2H3. The van der Waals surface area contributed by atoms with Gasteiger partial charge in [0.2, 0.25) is 5.78 Å². The molecular weight excluding hydrogens is 266 g/mol. The number of fused-ring (bicyclic) bond motifs is 1. The predicted molar refractivity (Wildman–Crippen MR) is 67.2 cm³/mol. The lowest BCUT2D eigenvalue weighted by atomic mass is 9.90. The Kier molecular flexibility index (Phi) is 3.82. The van der Waals surface area contributed by atoms with Gasteiger partial charge in [0.25, 0.3) is 0 Å². The highest BCUT2D eigenvalue weighted by Gasteiger charge is 2.52. The number of ether oxygens (including phenoxy) is 2. The minimum absolute atomic E-state index is 0.200. The van der Waals surface area contributed by atoms with Crippen molar-refractivity contribution in [2.24, 2.45) is 5.16 Å². The Morgan fingerprint density at radius 3 is 2.65 bits per heavy atom. The van der Waals surface area contributed by atoms with Crippen LogP contribution >= 0.6 is 0 Å². The first-order valence-electron chi connectivity index (χ1n) is 5.76. The first kappa shape index (κ1) is 14.2. The second-order valence-electron chi connectivity index (χ2n) is 4.18. The molecule has 1 N–H and O–H groups in total. The molecule has 1 aliphatic carbocycles. The zero-order valence-corrected chi connectivity index (χ0v) is 11.0. The molecular formula is C13H13NO6. The number of benzene rings is 1. The minimum Gasteiger partial charge on any atom is -0.469 e. The number of carbonyl (C=O) groups excluding carboxylic acids is 2. The summed E-state index contributed by atoms with van der Waals surface area (Å²) in [6.07, 6.45) is -0.259. The predicted octanol–water partition coefficient (Wildman–Crippen LogP) is 1.13. The Hall–Kier alpha value is -2.25. The van der Waals surface area contributed by atoms with Crippen molar-refractivity contribution in [2.45, 2.75) is 12.0 Å². The van der Waals surface area contributed by atoms with Crippen LogP contribution in [-0.2, 0) is 24.9 Å². The highest BCUT2D eigenvalue weighted by atomic mass is 17.2. The molecule has 0 spiro atoms. The summed E-state index contributed by atoms with van der Waals surface area (Å²) in [4.78, 5) is 27.6. The van der Waals surface area contributed by atoms with Crippen LogP contribution in [0.2, 0.25) is 0 Å². The maximum atomic E-state index is 12.3. The van der Waals surface area contributed by atoms with Gasteiger partial charge in [0, 0.05) is 18.2 Å². The van der Waals surface area contributed by atoms with Gasteiger partial charge in [-0.1, -0.05) is 24.3 Å². The van der Waals surface area contributed by atoms with Crippen molar-refractivity contribution in [3.8, 4) is 0 Å². The third kappa shape index (κ3) is 1.97. The van der Waals surface area contributed by atoms with E-state index in [2.05, 4.69) is 14.9 Å². The molecule has 0 heterocycles. The molecule has 7 nitrogen and oxygen atoms in total. The Labute approximate surface area is 114 Å². The van der Waals surface area contributed by atoms with Crippen molar-refractivity contribution < 1.29 is 29.3 Å². The van der Waals surface area contributed by atoms with E-state index in [4.69, 9.17) is 9.99 Å². The molecule has 1 aromatic rings. The van der Waals surface area contributed by atoms with E-state index >= 15 is 0 Å². The van der Waals surface area contributed by atoms with Crippen molar-refractivity contribution in [1.82, 2.24) is 0 Å². The number of rotatable bonds is 4. The number of ketones is 1. The highest BCUT2D eigenvalue weighted by molar-refractivity contribution is 6.52. The normalized spacial score (nSPS) is 22.8. The fraction of sp³-hybridized carbons (Fsp3) is 0.308. The van der Waals surface area contributed by atoms with E-state index in [-0.39, 0.29) is 12.1 Å². The topological polar surface area (TPSA) is 94.4 Å². The molecule has 2 rings (SSSR count). The van der Waals surface area contributed by atoms with Crippen molar-refractivity contribution >= 4 is 17.5 Å². The van der Waals surface area contributed by atoms with Gasteiger partial charge in [0.05, 0.1) is 13.5 Å². The lowest BCUT2D eigenvalue weighted by Crippen LogP contribution is -2.39. The molecule has 0 aliphatic heterocycles. The molecule has 1 aromatic carbocycles. The van der Waals surface area contributed by atoms with E-state index in [0.717, 1.165) is 0 Å². The van der Waals surface area contributed by atoms with Crippen molar-refractivity contribution in [2.75, 3.05) is 14.2 Å². The van der Waals surface area contributed by atoms with E-state index < -0.39 is 17.4 Å². The molecule has 7 heteroatoms. The largest absolute Gasteiger partial charge is 0.469 e. The monoisotopic (exact) mass is 279 g/mol. The Morgan fingerprint density at radius 2 is 2.05 bits per heavy atom. The van der Waals surface area contributed by atoms with E-state index in [0.29, 0.717) is 11.1 Å². The van der Waals surface area contributed by atoms with Crippen molar-refractivity contribution in [3.63, 3.8) is 0 Å². The third-order valence-corrected chi connectivity index (χ3v) is 3.31. The highest BCUT2D eigenvalue weighted by Crippen LogP contribution is 2.40. The first-order valence-corrected chi connectivity index (χ1v) is 5.76. The average Bonchev–Trinajstić information content (AvgIpc) is 2.71. The van der Waals surface area contributed by atoms with Crippen LogP contribution in [0.5, 0.6) is 0 Å². The number of hydrogen-bond acceptors (Lipinski definition) is 7. The van der Waals surface area contributed by atoms with Crippen molar-refractivity contribution in [1.29, 1.82) is 0 Å². The molecule has 0 saturated carbocycles. The van der Waals surface area contributed by atoms with Crippen LogP contribution in [0.25, 0.3) is 0 Å². The Bertz CT molecular complexity index is 582. The molecule has 0 radical (unpaired) electrons. The summed E-state index contributed by atoms with van der Waals surface area (Å²) in [5.74, 6) is -1.05. The molecule has 1 atom stereocenters. The van der Waals surface area contributed by atoms with Gasteiger partial charge in [-0.2, -0.15) is 5.26 Å². The van der Waals surface area contributed by atoms with Gasteiger partial charge in [0.15, 0.2) is 11.3 Å². The SMILES string of the molecule is COC(=O)CC1(OC)C(=NOO)C(=O)c2ccccc21. The van der Waals surface area contributed by atoms with Crippen LogP contribution in [0.15, 0.2) is 29.4 Å². The molecule has 0 amide bonds. The van der Waals surface area contributed by atoms with Gasteiger partial charge >= 0.3 is 5.97 Å². The van der Waals surface area contributed by atoms with Crippen LogP contribution in [0.1, 0.15) is 22.3 Å². The minimum atomic E-state index is -1.43. The second kappa shape index (κ2) is 5.40. The molecule has 1 aliphatic rings. The van der Waals surface area contributed by atoms with Crippen LogP contribution in [0.4, 0.5) is 0 Å². The molecule has 0 bridgehead atoms. The summed E-state index contributed by atoms with van der Waals surface area (Å²) >= 11 is 0. The molecule has 0 saturated heterocycles. The van der Waals surface area contributed by atoms with E-state index in [1.807, 2.05) is 0 Å². The number of methoxy groups -OCH3 is 2. The molecule has 0 aromatic heterocycles. The van der Waals surface area contributed by atoms with E-state index in [9.17, 15) is 9.59 Å². The number of Topliss-reactive ketones (excluding diaryl/α,β-unsaturated/α-hetero) is 1. The summed E-state index contributed by atoms with van der Waals surface area (Å²) in [5.41, 5.74) is -0.805. The summed E-state index contributed by atoms with van der Waals surface area (Å²) < 4.78 is 10.0. The summed E-state index contributed by atoms with van der Waals surface area (Å²) in [5, 5.41) is 11.9.